The zero-order chi connectivity index (χ0) is 15.1. The summed E-state index contributed by atoms with van der Waals surface area (Å²) in [6.45, 7) is 9.19. The summed E-state index contributed by atoms with van der Waals surface area (Å²) in [5.74, 6) is 0. The van der Waals surface area contributed by atoms with E-state index in [1.807, 2.05) is 12.1 Å². The average Bonchev–Trinajstić information content (AvgIpc) is 2.97. The molecule has 0 unspecified atom stereocenters. The lowest BCUT2D eigenvalue weighted by Crippen LogP contribution is -2.41. The standard InChI is InChI=1S/C17H22BNO2/c1-16(2)17(3,4)21-18(20-16)15-9-7-14(8-10-15)13-19-11-5-6-12-19/h5-12H,13H2,1-4H3. The van der Waals surface area contributed by atoms with Crippen molar-refractivity contribution in [3.05, 3.63) is 54.4 Å². The zero-order valence-corrected chi connectivity index (χ0v) is 13.2. The molecule has 110 valence electrons. The summed E-state index contributed by atoms with van der Waals surface area (Å²) in [5, 5.41) is 0. The Hall–Kier alpha value is -1.52. The monoisotopic (exact) mass is 283 g/mol. The van der Waals surface area contributed by atoms with Crippen LogP contribution in [0.5, 0.6) is 0 Å². The minimum atomic E-state index is -0.290. The maximum atomic E-state index is 6.07. The summed E-state index contributed by atoms with van der Waals surface area (Å²) in [6.07, 6.45) is 4.14. The molecule has 3 nitrogen and oxygen atoms in total. The van der Waals surface area contributed by atoms with Crippen molar-refractivity contribution in [2.24, 2.45) is 0 Å². The van der Waals surface area contributed by atoms with Gasteiger partial charge in [0.2, 0.25) is 0 Å². The molecule has 2 aromatic rings. The predicted octanol–water partition coefficient (Wildman–Crippen LogP) is 2.84. The lowest BCUT2D eigenvalue weighted by molar-refractivity contribution is 0.00578. The van der Waals surface area contributed by atoms with Crippen molar-refractivity contribution in [2.45, 2.75) is 45.4 Å². The van der Waals surface area contributed by atoms with Gasteiger partial charge >= 0.3 is 7.12 Å². The summed E-state index contributed by atoms with van der Waals surface area (Å²) >= 11 is 0. The second-order valence-electron chi connectivity index (χ2n) is 6.69. The van der Waals surface area contributed by atoms with Gasteiger partial charge in [-0.2, -0.15) is 0 Å². The van der Waals surface area contributed by atoms with E-state index in [-0.39, 0.29) is 18.3 Å². The molecule has 1 aromatic carbocycles. The van der Waals surface area contributed by atoms with Crippen LogP contribution < -0.4 is 5.46 Å². The fourth-order valence-electron chi connectivity index (χ4n) is 2.45. The Morgan fingerprint density at radius 1 is 0.905 bits per heavy atom. The number of hydrogen-bond donors (Lipinski definition) is 0. The summed E-state index contributed by atoms with van der Waals surface area (Å²) in [5.41, 5.74) is 1.76. The van der Waals surface area contributed by atoms with Crippen LogP contribution in [0.25, 0.3) is 0 Å². The van der Waals surface area contributed by atoms with Gasteiger partial charge in [-0.1, -0.05) is 24.3 Å². The van der Waals surface area contributed by atoms with Crippen molar-refractivity contribution in [1.82, 2.24) is 4.57 Å². The fraction of sp³-hybridized carbons (Fsp3) is 0.412. The zero-order valence-electron chi connectivity index (χ0n) is 13.2. The lowest BCUT2D eigenvalue weighted by Gasteiger charge is -2.32. The highest BCUT2D eigenvalue weighted by Gasteiger charge is 2.51. The maximum absolute atomic E-state index is 6.07. The van der Waals surface area contributed by atoms with Gasteiger partial charge in [-0.15, -0.1) is 0 Å². The first-order valence-corrected chi connectivity index (χ1v) is 7.43. The summed E-state index contributed by atoms with van der Waals surface area (Å²) in [6, 6.07) is 12.6. The SMILES string of the molecule is CC1(C)OB(c2ccc(Cn3cccc3)cc2)OC1(C)C. The Kier molecular flexibility index (Phi) is 3.46. The molecule has 0 aliphatic carbocycles. The molecule has 4 heteroatoms. The van der Waals surface area contributed by atoms with Crippen molar-refractivity contribution < 1.29 is 9.31 Å². The molecule has 0 radical (unpaired) electrons. The summed E-state index contributed by atoms with van der Waals surface area (Å²) in [4.78, 5) is 0. The smallest absolute Gasteiger partial charge is 0.399 e. The van der Waals surface area contributed by atoms with Gasteiger partial charge in [0.05, 0.1) is 11.2 Å². The highest BCUT2D eigenvalue weighted by molar-refractivity contribution is 6.62. The Morgan fingerprint density at radius 2 is 1.43 bits per heavy atom. The third-order valence-corrected chi connectivity index (χ3v) is 4.54. The second-order valence-corrected chi connectivity index (χ2v) is 6.69. The highest BCUT2D eigenvalue weighted by Crippen LogP contribution is 2.36. The van der Waals surface area contributed by atoms with Crippen LogP contribution in [0.3, 0.4) is 0 Å². The van der Waals surface area contributed by atoms with Gasteiger partial charge < -0.3 is 13.9 Å². The Labute approximate surface area is 127 Å². The second kappa shape index (κ2) is 5.04. The molecule has 0 spiro atoms. The first-order valence-electron chi connectivity index (χ1n) is 7.43. The van der Waals surface area contributed by atoms with Gasteiger partial charge in [0.1, 0.15) is 0 Å². The van der Waals surface area contributed by atoms with Crippen molar-refractivity contribution >= 4 is 12.6 Å². The molecule has 3 rings (SSSR count). The minimum absolute atomic E-state index is 0.282. The van der Waals surface area contributed by atoms with Gasteiger partial charge in [-0.25, -0.2) is 0 Å². The van der Waals surface area contributed by atoms with E-state index in [0.717, 1.165) is 12.0 Å². The Balaban J connectivity index is 1.73. The Morgan fingerprint density at radius 3 is 1.95 bits per heavy atom. The molecule has 1 aromatic heterocycles. The van der Waals surface area contributed by atoms with Gasteiger partial charge in [-0.3, -0.25) is 0 Å². The normalized spacial score (nSPS) is 19.9. The van der Waals surface area contributed by atoms with Gasteiger partial charge in [0.25, 0.3) is 0 Å². The number of benzene rings is 1. The number of hydrogen-bond acceptors (Lipinski definition) is 2. The Bertz CT molecular complexity index is 586. The van der Waals surface area contributed by atoms with E-state index in [1.54, 1.807) is 0 Å². The molecule has 0 bridgehead atoms. The third kappa shape index (κ3) is 2.78. The molecule has 1 fully saturated rings. The van der Waals surface area contributed by atoms with E-state index in [1.165, 1.54) is 5.56 Å². The lowest BCUT2D eigenvalue weighted by atomic mass is 9.79. The maximum Gasteiger partial charge on any atom is 0.494 e. The molecule has 0 saturated carbocycles. The largest absolute Gasteiger partial charge is 0.494 e. The molecule has 2 heterocycles. The van der Waals surface area contributed by atoms with Crippen LogP contribution in [0, 0.1) is 0 Å². The van der Waals surface area contributed by atoms with E-state index in [9.17, 15) is 0 Å². The molecule has 0 N–H and O–H groups in total. The highest BCUT2D eigenvalue weighted by atomic mass is 16.7. The molecule has 21 heavy (non-hydrogen) atoms. The predicted molar refractivity (Wildman–Crippen MR) is 85.7 cm³/mol. The molecular weight excluding hydrogens is 261 g/mol. The van der Waals surface area contributed by atoms with Crippen LogP contribution in [0.1, 0.15) is 33.3 Å². The average molecular weight is 283 g/mol. The third-order valence-electron chi connectivity index (χ3n) is 4.54. The van der Waals surface area contributed by atoms with Crippen LogP contribution in [0.2, 0.25) is 0 Å². The van der Waals surface area contributed by atoms with E-state index in [4.69, 9.17) is 9.31 Å². The van der Waals surface area contributed by atoms with E-state index in [2.05, 4.69) is 68.9 Å². The van der Waals surface area contributed by atoms with Crippen molar-refractivity contribution in [2.75, 3.05) is 0 Å². The molecule has 1 saturated heterocycles. The van der Waals surface area contributed by atoms with E-state index < -0.39 is 0 Å². The molecule has 1 aliphatic heterocycles. The number of aromatic nitrogens is 1. The number of nitrogens with zero attached hydrogens (tertiary/aromatic N) is 1. The first kappa shape index (κ1) is 14.4. The first-order chi connectivity index (χ1) is 9.87. The van der Waals surface area contributed by atoms with Gasteiger partial charge in [0.15, 0.2) is 0 Å². The van der Waals surface area contributed by atoms with Gasteiger partial charge in [-0.05, 0) is 50.9 Å². The van der Waals surface area contributed by atoms with Crippen molar-refractivity contribution in [1.29, 1.82) is 0 Å². The van der Waals surface area contributed by atoms with Crippen molar-refractivity contribution in [3.63, 3.8) is 0 Å². The molecule has 0 atom stereocenters. The fourth-order valence-corrected chi connectivity index (χ4v) is 2.45. The van der Waals surface area contributed by atoms with E-state index in [0.29, 0.717) is 0 Å². The minimum Gasteiger partial charge on any atom is -0.399 e. The molecule has 0 amide bonds. The van der Waals surface area contributed by atoms with Crippen molar-refractivity contribution in [3.8, 4) is 0 Å². The van der Waals surface area contributed by atoms with E-state index >= 15 is 0 Å². The quantitative estimate of drug-likeness (QED) is 0.809. The molecular formula is C17H22BNO2. The van der Waals surface area contributed by atoms with Crippen LogP contribution in [-0.2, 0) is 15.9 Å². The summed E-state index contributed by atoms with van der Waals surface area (Å²) in [7, 11) is -0.282. The topological polar surface area (TPSA) is 23.4 Å². The van der Waals surface area contributed by atoms with Crippen LogP contribution in [0.4, 0.5) is 0 Å². The summed E-state index contributed by atoms with van der Waals surface area (Å²) < 4.78 is 14.3. The number of rotatable bonds is 3. The van der Waals surface area contributed by atoms with Crippen LogP contribution in [-0.4, -0.2) is 22.9 Å². The van der Waals surface area contributed by atoms with Gasteiger partial charge in [0, 0.05) is 18.9 Å². The molecule has 1 aliphatic rings. The van der Waals surface area contributed by atoms with Crippen LogP contribution in [0.15, 0.2) is 48.8 Å². The van der Waals surface area contributed by atoms with Crippen LogP contribution >= 0.6 is 0 Å².